The minimum atomic E-state index is 0.148. The van der Waals surface area contributed by atoms with Gasteiger partial charge in [-0.1, -0.05) is 13.3 Å². The minimum Gasteiger partial charge on any atom is -0.326 e. The Labute approximate surface area is 110 Å². The van der Waals surface area contributed by atoms with Crippen LogP contribution >= 0.6 is 0 Å². The second-order valence-electron chi connectivity index (χ2n) is 5.69. The Kier molecular flexibility index (Phi) is 4.40. The largest absolute Gasteiger partial charge is 0.326 e. The molecule has 102 valence electrons. The summed E-state index contributed by atoms with van der Waals surface area (Å²) in [6.45, 7) is 6.73. The summed E-state index contributed by atoms with van der Waals surface area (Å²) in [4.78, 5) is 2.54. The Bertz CT molecular complexity index is 372. The summed E-state index contributed by atoms with van der Waals surface area (Å²) in [5.41, 5.74) is 7.45. The Morgan fingerprint density at radius 3 is 2.89 bits per heavy atom. The van der Waals surface area contributed by atoms with E-state index in [9.17, 15) is 0 Å². The van der Waals surface area contributed by atoms with Crippen LogP contribution in [0.4, 0.5) is 0 Å². The summed E-state index contributed by atoms with van der Waals surface area (Å²) >= 11 is 0. The molecule has 3 unspecified atom stereocenters. The van der Waals surface area contributed by atoms with Crippen LogP contribution in [0.2, 0.25) is 0 Å². The molecular weight excluding hydrogens is 224 g/mol. The number of aromatic nitrogens is 2. The molecule has 0 spiro atoms. The second kappa shape index (κ2) is 5.85. The molecule has 4 nitrogen and oxygen atoms in total. The third kappa shape index (κ3) is 2.93. The van der Waals surface area contributed by atoms with Crippen LogP contribution in [0.15, 0.2) is 12.4 Å². The molecule has 0 saturated carbocycles. The number of hydrogen-bond donors (Lipinski definition) is 1. The molecule has 1 aromatic rings. The molecule has 2 heterocycles. The van der Waals surface area contributed by atoms with Gasteiger partial charge < -0.3 is 5.73 Å². The molecule has 0 bridgehead atoms. The van der Waals surface area contributed by atoms with Crippen molar-refractivity contribution < 1.29 is 0 Å². The van der Waals surface area contributed by atoms with Crippen molar-refractivity contribution in [1.82, 2.24) is 14.7 Å². The van der Waals surface area contributed by atoms with Gasteiger partial charge in [0.25, 0.3) is 0 Å². The van der Waals surface area contributed by atoms with Crippen LogP contribution in [-0.4, -0.2) is 33.8 Å². The first-order valence-electron chi connectivity index (χ1n) is 7.10. The molecular formula is C14H26N4. The predicted octanol–water partition coefficient (Wildman–Crippen LogP) is 1.93. The van der Waals surface area contributed by atoms with E-state index in [1.54, 1.807) is 0 Å². The van der Waals surface area contributed by atoms with Crippen molar-refractivity contribution in [3.63, 3.8) is 0 Å². The Morgan fingerprint density at radius 2 is 2.33 bits per heavy atom. The van der Waals surface area contributed by atoms with E-state index in [1.807, 2.05) is 17.9 Å². The van der Waals surface area contributed by atoms with Crippen molar-refractivity contribution in [1.29, 1.82) is 0 Å². The zero-order valence-electron chi connectivity index (χ0n) is 11.8. The van der Waals surface area contributed by atoms with Crippen LogP contribution in [0.1, 0.15) is 44.7 Å². The molecule has 3 atom stereocenters. The molecule has 1 saturated heterocycles. The van der Waals surface area contributed by atoms with Gasteiger partial charge in [-0.2, -0.15) is 5.10 Å². The Balaban J connectivity index is 2.07. The average Bonchev–Trinajstić information content (AvgIpc) is 2.90. The lowest BCUT2D eigenvalue weighted by atomic mass is 10.0. The minimum absolute atomic E-state index is 0.148. The summed E-state index contributed by atoms with van der Waals surface area (Å²) in [5.74, 6) is 0.855. The van der Waals surface area contributed by atoms with Crippen molar-refractivity contribution in [2.45, 2.75) is 45.2 Å². The fourth-order valence-corrected chi connectivity index (χ4v) is 3.20. The van der Waals surface area contributed by atoms with E-state index in [4.69, 9.17) is 5.73 Å². The quantitative estimate of drug-likeness (QED) is 0.868. The lowest BCUT2D eigenvalue weighted by Gasteiger charge is -2.30. The third-order valence-corrected chi connectivity index (χ3v) is 3.97. The molecule has 1 aliphatic heterocycles. The van der Waals surface area contributed by atoms with Crippen molar-refractivity contribution in [2.24, 2.45) is 18.7 Å². The number of nitrogens with zero attached hydrogens (tertiary/aromatic N) is 3. The van der Waals surface area contributed by atoms with Gasteiger partial charge in [-0.25, -0.2) is 0 Å². The standard InChI is InChI=1S/C14H26N4/c1-4-5-12-6-7-18(9-12)14(11(2)15)13-8-16-17(3)10-13/h8,10-12,14H,4-7,9,15H2,1-3H3. The van der Waals surface area contributed by atoms with Crippen LogP contribution < -0.4 is 5.73 Å². The van der Waals surface area contributed by atoms with E-state index in [1.165, 1.54) is 37.9 Å². The van der Waals surface area contributed by atoms with E-state index >= 15 is 0 Å². The first kappa shape index (κ1) is 13.6. The van der Waals surface area contributed by atoms with E-state index < -0.39 is 0 Å². The number of hydrogen-bond acceptors (Lipinski definition) is 3. The third-order valence-electron chi connectivity index (χ3n) is 3.97. The van der Waals surface area contributed by atoms with Crippen molar-refractivity contribution >= 4 is 0 Å². The SMILES string of the molecule is CCCC1CCN(C(c2cnn(C)c2)C(C)N)C1. The molecule has 1 aliphatic rings. The lowest BCUT2D eigenvalue weighted by molar-refractivity contribution is 0.210. The molecule has 0 radical (unpaired) electrons. The van der Waals surface area contributed by atoms with Crippen LogP contribution in [-0.2, 0) is 7.05 Å². The molecule has 18 heavy (non-hydrogen) atoms. The first-order valence-corrected chi connectivity index (χ1v) is 7.10. The highest BCUT2D eigenvalue weighted by atomic mass is 15.3. The van der Waals surface area contributed by atoms with E-state index in [2.05, 4.69) is 30.0 Å². The summed E-state index contributed by atoms with van der Waals surface area (Å²) in [6, 6.07) is 0.468. The molecule has 2 N–H and O–H groups in total. The number of nitrogens with two attached hydrogens (primary N) is 1. The van der Waals surface area contributed by atoms with Crippen LogP contribution in [0.5, 0.6) is 0 Å². The molecule has 4 heteroatoms. The van der Waals surface area contributed by atoms with Crippen molar-refractivity contribution in [3.05, 3.63) is 18.0 Å². The van der Waals surface area contributed by atoms with Gasteiger partial charge in [-0.3, -0.25) is 9.58 Å². The molecule has 0 amide bonds. The average molecular weight is 250 g/mol. The topological polar surface area (TPSA) is 47.1 Å². The smallest absolute Gasteiger partial charge is 0.0538 e. The van der Waals surface area contributed by atoms with Crippen molar-refractivity contribution in [2.75, 3.05) is 13.1 Å². The molecule has 0 aliphatic carbocycles. The normalized spacial score (nSPS) is 24.3. The fourth-order valence-electron chi connectivity index (χ4n) is 3.20. The Hall–Kier alpha value is -0.870. The Morgan fingerprint density at radius 1 is 1.56 bits per heavy atom. The zero-order valence-corrected chi connectivity index (χ0v) is 11.8. The molecule has 2 rings (SSSR count). The van der Waals surface area contributed by atoms with Crippen LogP contribution in [0.3, 0.4) is 0 Å². The maximum absolute atomic E-state index is 6.20. The van der Waals surface area contributed by atoms with E-state index in [0.29, 0.717) is 6.04 Å². The van der Waals surface area contributed by atoms with E-state index in [0.717, 1.165) is 5.92 Å². The summed E-state index contributed by atoms with van der Waals surface area (Å²) in [7, 11) is 1.96. The van der Waals surface area contributed by atoms with Gasteiger partial charge in [-0.05, 0) is 32.2 Å². The zero-order chi connectivity index (χ0) is 13.1. The monoisotopic (exact) mass is 250 g/mol. The summed E-state index contributed by atoms with van der Waals surface area (Å²) in [6.07, 6.45) is 8.00. The van der Waals surface area contributed by atoms with Gasteiger partial charge in [-0.15, -0.1) is 0 Å². The fraction of sp³-hybridized carbons (Fsp3) is 0.786. The molecule has 1 fully saturated rings. The maximum Gasteiger partial charge on any atom is 0.0538 e. The van der Waals surface area contributed by atoms with Gasteiger partial charge in [0.15, 0.2) is 0 Å². The predicted molar refractivity (Wildman–Crippen MR) is 74.2 cm³/mol. The molecule has 1 aromatic heterocycles. The van der Waals surface area contributed by atoms with Crippen LogP contribution in [0, 0.1) is 5.92 Å². The van der Waals surface area contributed by atoms with Gasteiger partial charge in [0.2, 0.25) is 0 Å². The van der Waals surface area contributed by atoms with Gasteiger partial charge in [0, 0.05) is 31.4 Å². The van der Waals surface area contributed by atoms with Crippen molar-refractivity contribution in [3.8, 4) is 0 Å². The summed E-state index contributed by atoms with van der Waals surface area (Å²) in [5, 5.41) is 4.28. The van der Waals surface area contributed by atoms with E-state index in [-0.39, 0.29) is 6.04 Å². The molecule has 0 aromatic carbocycles. The first-order chi connectivity index (χ1) is 8.61. The highest BCUT2D eigenvalue weighted by molar-refractivity contribution is 5.13. The summed E-state index contributed by atoms with van der Waals surface area (Å²) < 4.78 is 1.87. The van der Waals surface area contributed by atoms with Gasteiger partial charge in [0.1, 0.15) is 0 Å². The van der Waals surface area contributed by atoms with Crippen LogP contribution in [0.25, 0.3) is 0 Å². The number of rotatable bonds is 5. The number of aryl methyl sites for hydroxylation is 1. The van der Waals surface area contributed by atoms with Gasteiger partial charge >= 0.3 is 0 Å². The van der Waals surface area contributed by atoms with Gasteiger partial charge in [0.05, 0.1) is 12.2 Å². The second-order valence-corrected chi connectivity index (χ2v) is 5.69. The maximum atomic E-state index is 6.20. The number of likely N-dealkylation sites (tertiary alicyclic amines) is 1. The lowest BCUT2D eigenvalue weighted by Crippen LogP contribution is -2.38. The highest BCUT2D eigenvalue weighted by Gasteiger charge is 2.31. The highest BCUT2D eigenvalue weighted by Crippen LogP contribution is 2.31.